The third kappa shape index (κ3) is 6.83. The second kappa shape index (κ2) is 11.1. The molecule has 2 rings (SSSR count). The molecule has 0 unspecified atom stereocenters. The molecule has 0 aliphatic heterocycles. The summed E-state index contributed by atoms with van der Waals surface area (Å²) in [6, 6.07) is 0. The van der Waals surface area contributed by atoms with Crippen molar-refractivity contribution < 1.29 is 4.74 Å². The van der Waals surface area contributed by atoms with E-state index >= 15 is 0 Å². The molecule has 132 valence electrons. The van der Waals surface area contributed by atoms with E-state index in [0.717, 1.165) is 30.8 Å². The van der Waals surface area contributed by atoms with Crippen LogP contribution >= 0.6 is 0 Å². The van der Waals surface area contributed by atoms with Gasteiger partial charge in [-0.15, -0.1) is 0 Å². The second-order valence-electron chi connectivity index (χ2n) is 7.70. The lowest BCUT2D eigenvalue weighted by molar-refractivity contribution is 0.0210. The maximum absolute atomic E-state index is 6.03. The molecule has 2 saturated carbocycles. The van der Waals surface area contributed by atoms with E-state index < -0.39 is 0 Å². The number of hydrogen-bond acceptors (Lipinski definition) is 1. The lowest BCUT2D eigenvalue weighted by Crippen LogP contribution is -2.28. The summed E-state index contributed by atoms with van der Waals surface area (Å²) >= 11 is 0. The van der Waals surface area contributed by atoms with Crippen LogP contribution in [0.15, 0.2) is 24.3 Å². The van der Waals surface area contributed by atoms with Crippen LogP contribution in [0.3, 0.4) is 0 Å². The summed E-state index contributed by atoms with van der Waals surface area (Å²) in [5.74, 6) is 3.08. The minimum Gasteiger partial charge on any atom is -0.374 e. The Balaban J connectivity index is 1.59. The molecule has 0 atom stereocenters. The minimum absolute atomic E-state index is 0.516. The van der Waals surface area contributed by atoms with E-state index in [-0.39, 0.29) is 0 Å². The van der Waals surface area contributed by atoms with Gasteiger partial charge in [-0.2, -0.15) is 0 Å². The van der Waals surface area contributed by atoms with Crippen LogP contribution < -0.4 is 0 Å². The van der Waals surface area contributed by atoms with Gasteiger partial charge in [0.1, 0.15) is 0 Å². The molecule has 0 bridgehead atoms. The van der Waals surface area contributed by atoms with E-state index in [1.165, 1.54) is 64.2 Å². The van der Waals surface area contributed by atoms with Gasteiger partial charge in [0, 0.05) is 0 Å². The van der Waals surface area contributed by atoms with Crippen molar-refractivity contribution in [1.82, 2.24) is 0 Å². The zero-order chi connectivity index (χ0) is 16.3. The first-order valence-corrected chi connectivity index (χ1v) is 10.3. The fourth-order valence-electron chi connectivity index (χ4n) is 4.62. The van der Waals surface area contributed by atoms with Crippen LogP contribution in [0.5, 0.6) is 0 Å². The van der Waals surface area contributed by atoms with E-state index in [1.54, 1.807) is 0 Å². The van der Waals surface area contributed by atoms with Gasteiger partial charge < -0.3 is 4.74 Å². The molecule has 0 aromatic heterocycles. The number of hydrogen-bond donors (Lipinski definition) is 0. The smallest absolute Gasteiger partial charge is 0.0654 e. The number of ether oxygens (including phenoxy) is 1. The Morgan fingerprint density at radius 1 is 0.783 bits per heavy atom. The molecule has 1 nitrogen and oxygen atoms in total. The first-order valence-electron chi connectivity index (χ1n) is 10.3. The fourth-order valence-corrected chi connectivity index (χ4v) is 4.62. The van der Waals surface area contributed by atoms with Gasteiger partial charge in [-0.25, -0.2) is 0 Å². The molecule has 0 N–H and O–H groups in total. The van der Waals surface area contributed by atoms with E-state index in [1.807, 2.05) is 0 Å². The summed E-state index contributed by atoms with van der Waals surface area (Å²) in [5, 5.41) is 0. The van der Waals surface area contributed by atoms with Gasteiger partial charge in [-0.1, -0.05) is 63.8 Å². The van der Waals surface area contributed by atoms with Gasteiger partial charge in [0.15, 0.2) is 0 Å². The summed E-state index contributed by atoms with van der Waals surface area (Å²) in [7, 11) is 0. The Labute approximate surface area is 144 Å². The van der Waals surface area contributed by atoms with Crippen molar-refractivity contribution >= 4 is 0 Å². The van der Waals surface area contributed by atoms with E-state index in [9.17, 15) is 0 Å². The molecule has 0 aromatic carbocycles. The van der Waals surface area contributed by atoms with E-state index in [0.29, 0.717) is 6.10 Å². The van der Waals surface area contributed by atoms with Crippen molar-refractivity contribution in [3.63, 3.8) is 0 Å². The standard InChI is InChI=1S/C22H38O/c1-3-5-6-7-8-18-23-22-16-14-21(15-17-22)20-12-10-19(9-4-2)11-13-20/h5-8,19-22H,3-4,9-18H2,1-2H3/b6-5+,8-7+/t19?,20?,21-,22-. The SMILES string of the molecule is CC/C=C/C=C/CO[C@H]1CC[C@H](C2CCC(CCC)CC2)CC1. The van der Waals surface area contributed by atoms with E-state index in [4.69, 9.17) is 4.74 Å². The molecule has 2 aliphatic rings. The Morgan fingerprint density at radius 2 is 1.39 bits per heavy atom. The first kappa shape index (κ1) is 18.8. The largest absolute Gasteiger partial charge is 0.374 e. The van der Waals surface area contributed by atoms with Crippen LogP contribution in [0.2, 0.25) is 0 Å². The molecular formula is C22H38O. The Kier molecular flexibility index (Phi) is 9.04. The highest BCUT2D eigenvalue weighted by Gasteiger charge is 2.30. The zero-order valence-corrected chi connectivity index (χ0v) is 15.5. The Hall–Kier alpha value is -0.560. The van der Waals surface area contributed by atoms with Gasteiger partial charge in [0.2, 0.25) is 0 Å². The van der Waals surface area contributed by atoms with Gasteiger partial charge >= 0.3 is 0 Å². The lowest BCUT2D eigenvalue weighted by atomic mass is 9.70. The Morgan fingerprint density at radius 3 is 2.00 bits per heavy atom. The number of rotatable bonds is 8. The maximum atomic E-state index is 6.03. The summed E-state index contributed by atoms with van der Waals surface area (Å²) < 4.78 is 6.03. The number of allylic oxidation sites excluding steroid dienone is 3. The first-order chi connectivity index (χ1) is 11.3. The van der Waals surface area contributed by atoms with Gasteiger partial charge in [0.05, 0.1) is 12.7 Å². The van der Waals surface area contributed by atoms with Crippen LogP contribution in [0.4, 0.5) is 0 Å². The molecule has 0 heterocycles. The van der Waals surface area contributed by atoms with E-state index in [2.05, 4.69) is 38.2 Å². The molecule has 2 aliphatic carbocycles. The van der Waals surface area contributed by atoms with Gasteiger partial charge in [-0.05, 0) is 62.7 Å². The molecule has 2 fully saturated rings. The lowest BCUT2D eigenvalue weighted by Gasteiger charge is -2.37. The molecule has 0 spiro atoms. The highest BCUT2D eigenvalue weighted by Crippen LogP contribution is 2.41. The van der Waals surface area contributed by atoms with Crippen molar-refractivity contribution in [1.29, 1.82) is 0 Å². The highest BCUT2D eigenvalue weighted by molar-refractivity contribution is 5.02. The molecule has 1 heteroatoms. The average Bonchev–Trinajstić information content (AvgIpc) is 2.60. The average molecular weight is 319 g/mol. The van der Waals surface area contributed by atoms with Crippen LogP contribution in [-0.4, -0.2) is 12.7 Å². The van der Waals surface area contributed by atoms with Crippen LogP contribution in [0.1, 0.15) is 84.5 Å². The fraction of sp³-hybridized carbons (Fsp3) is 0.818. The molecule has 0 radical (unpaired) electrons. The monoisotopic (exact) mass is 318 g/mol. The normalized spacial score (nSPS) is 32.8. The third-order valence-electron chi connectivity index (χ3n) is 6.02. The summed E-state index contributed by atoms with van der Waals surface area (Å²) in [6.45, 7) is 5.28. The topological polar surface area (TPSA) is 9.23 Å². The predicted octanol–water partition coefficient (Wildman–Crippen LogP) is 6.69. The van der Waals surface area contributed by atoms with Crippen molar-refractivity contribution in [2.24, 2.45) is 17.8 Å². The van der Waals surface area contributed by atoms with Crippen molar-refractivity contribution in [3.05, 3.63) is 24.3 Å². The summed E-state index contributed by atoms with van der Waals surface area (Å²) in [5.41, 5.74) is 0. The molecular weight excluding hydrogens is 280 g/mol. The summed E-state index contributed by atoms with van der Waals surface area (Å²) in [6.07, 6.45) is 24.4. The molecule has 0 amide bonds. The molecule has 23 heavy (non-hydrogen) atoms. The molecule has 0 saturated heterocycles. The van der Waals surface area contributed by atoms with Crippen LogP contribution in [0, 0.1) is 17.8 Å². The zero-order valence-electron chi connectivity index (χ0n) is 15.5. The predicted molar refractivity (Wildman–Crippen MR) is 101 cm³/mol. The minimum atomic E-state index is 0.516. The maximum Gasteiger partial charge on any atom is 0.0654 e. The van der Waals surface area contributed by atoms with Crippen molar-refractivity contribution in [3.8, 4) is 0 Å². The molecule has 0 aromatic rings. The second-order valence-corrected chi connectivity index (χ2v) is 7.70. The quantitative estimate of drug-likeness (QED) is 0.453. The van der Waals surface area contributed by atoms with Gasteiger partial charge in [0.25, 0.3) is 0 Å². The highest BCUT2D eigenvalue weighted by atomic mass is 16.5. The summed E-state index contributed by atoms with van der Waals surface area (Å²) in [4.78, 5) is 0. The van der Waals surface area contributed by atoms with Crippen LogP contribution in [0.25, 0.3) is 0 Å². The van der Waals surface area contributed by atoms with Crippen LogP contribution in [-0.2, 0) is 4.74 Å². The van der Waals surface area contributed by atoms with Gasteiger partial charge in [-0.3, -0.25) is 0 Å². The third-order valence-corrected chi connectivity index (χ3v) is 6.02. The Bertz CT molecular complexity index is 341. The van der Waals surface area contributed by atoms with Crippen molar-refractivity contribution in [2.75, 3.05) is 6.61 Å². The van der Waals surface area contributed by atoms with Crippen molar-refractivity contribution in [2.45, 2.75) is 90.6 Å².